The van der Waals surface area contributed by atoms with E-state index in [0.29, 0.717) is 10.7 Å². The number of anilines is 1. The number of hydrogen-bond acceptors (Lipinski definition) is 3. The fourth-order valence-electron chi connectivity index (χ4n) is 2.34. The number of phenolic OH excluding ortho intramolecular Hbond substituents is 1. The molecule has 0 aliphatic heterocycles. The van der Waals surface area contributed by atoms with Crippen molar-refractivity contribution in [3.05, 3.63) is 58.6 Å². The van der Waals surface area contributed by atoms with Gasteiger partial charge in [-0.15, -0.1) is 0 Å². The smallest absolute Gasteiger partial charge is 0.257 e. The van der Waals surface area contributed by atoms with Gasteiger partial charge in [-0.05, 0) is 41.8 Å². The van der Waals surface area contributed by atoms with Crippen molar-refractivity contribution in [2.75, 3.05) is 18.9 Å². The van der Waals surface area contributed by atoms with Crippen molar-refractivity contribution in [1.82, 2.24) is 4.90 Å². The third-order valence-electron chi connectivity index (χ3n) is 3.75. The zero-order chi connectivity index (χ0) is 18.6. The fourth-order valence-corrected chi connectivity index (χ4v) is 2.53. The third-order valence-corrected chi connectivity index (χ3v) is 3.99. The standard InChI is InChI=1S/C19H21ClN2O3/c1-12(2)13-7-8-17(23)16(9-13)19(25)22(3)11-18(24)21-15-6-4-5-14(20)10-15/h4-10,12,23H,11H2,1-3H3,(H,21,24). The van der Waals surface area contributed by atoms with Crippen molar-refractivity contribution in [3.8, 4) is 5.75 Å². The van der Waals surface area contributed by atoms with E-state index in [4.69, 9.17) is 11.6 Å². The van der Waals surface area contributed by atoms with E-state index in [0.717, 1.165) is 5.56 Å². The van der Waals surface area contributed by atoms with Crippen LogP contribution in [0, 0.1) is 0 Å². The molecule has 6 heteroatoms. The average Bonchev–Trinajstić information content (AvgIpc) is 2.54. The summed E-state index contributed by atoms with van der Waals surface area (Å²) in [5.74, 6) is -0.640. The van der Waals surface area contributed by atoms with Crippen LogP contribution >= 0.6 is 11.6 Å². The van der Waals surface area contributed by atoms with Crippen LogP contribution in [0.3, 0.4) is 0 Å². The molecule has 2 aromatic carbocycles. The van der Waals surface area contributed by atoms with E-state index in [1.165, 1.54) is 18.0 Å². The Balaban J connectivity index is 2.07. The molecule has 0 saturated heterocycles. The van der Waals surface area contributed by atoms with Gasteiger partial charge in [-0.2, -0.15) is 0 Å². The van der Waals surface area contributed by atoms with Crippen LogP contribution in [0.15, 0.2) is 42.5 Å². The molecule has 0 radical (unpaired) electrons. The number of nitrogens with zero attached hydrogens (tertiary/aromatic N) is 1. The quantitative estimate of drug-likeness (QED) is 0.850. The highest BCUT2D eigenvalue weighted by Crippen LogP contribution is 2.24. The number of amides is 2. The number of hydrogen-bond donors (Lipinski definition) is 2. The van der Waals surface area contributed by atoms with Gasteiger partial charge in [0.1, 0.15) is 5.75 Å². The molecule has 5 nitrogen and oxygen atoms in total. The molecule has 2 aromatic rings. The number of rotatable bonds is 5. The van der Waals surface area contributed by atoms with Crippen LogP contribution < -0.4 is 5.32 Å². The van der Waals surface area contributed by atoms with Crippen molar-refractivity contribution in [3.63, 3.8) is 0 Å². The zero-order valence-corrected chi connectivity index (χ0v) is 15.2. The number of carbonyl (C=O) groups is 2. The van der Waals surface area contributed by atoms with E-state index in [2.05, 4.69) is 5.32 Å². The number of benzene rings is 2. The predicted molar refractivity (Wildman–Crippen MR) is 99.2 cm³/mol. The first-order chi connectivity index (χ1) is 11.8. The minimum atomic E-state index is -0.416. The van der Waals surface area contributed by atoms with E-state index >= 15 is 0 Å². The van der Waals surface area contributed by atoms with Gasteiger partial charge in [0, 0.05) is 17.8 Å². The Hall–Kier alpha value is -2.53. The van der Waals surface area contributed by atoms with Crippen LogP contribution in [0.25, 0.3) is 0 Å². The van der Waals surface area contributed by atoms with Gasteiger partial charge in [0.25, 0.3) is 5.91 Å². The van der Waals surface area contributed by atoms with E-state index in [9.17, 15) is 14.7 Å². The lowest BCUT2D eigenvalue weighted by atomic mass is 10.00. The highest BCUT2D eigenvalue weighted by Gasteiger charge is 2.19. The lowest BCUT2D eigenvalue weighted by Crippen LogP contribution is -2.35. The summed E-state index contributed by atoms with van der Waals surface area (Å²) in [4.78, 5) is 25.9. The molecular weight excluding hydrogens is 340 g/mol. The number of halogens is 1. The van der Waals surface area contributed by atoms with Crippen LogP contribution in [0.4, 0.5) is 5.69 Å². The second kappa shape index (κ2) is 8.03. The number of nitrogens with one attached hydrogen (secondary N) is 1. The summed E-state index contributed by atoms with van der Waals surface area (Å²) in [5.41, 5.74) is 1.69. The van der Waals surface area contributed by atoms with Crippen molar-refractivity contribution < 1.29 is 14.7 Å². The van der Waals surface area contributed by atoms with Crippen LogP contribution in [0.5, 0.6) is 5.75 Å². The van der Waals surface area contributed by atoms with E-state index in [1.807, 2.05) is 13.8 Å². The number of likely N-dealkylation sites (N-methyl/N-ethyl adjacent to an activating group) is 1. The monoisotopic (exact) mass is 360 g/mol. The molecule has 132 valence electrons. The summed E-state index contributed by atoms with van der Waals surface area (Å²) in [5, 5.41) is 13.2. The van der Waals surface area contributed by atoms with E-state index < -0.39 is 5.91 Å². The molecule has 0 saturated carbocycles. The molecule has 0 spiro atoms. The summed E-state index contributed by atoms with van der Waals surface area (Å²) < 4.78 is 0. The normalized spacial score (nSPS) is 10.6. The molecular formula is C19H21ClN2O3. The van der Waals surface area contributed by atoms with Gasteiger partial charge in [0.15, 0.2) is 0 Å². The molecule has 0 fully saturated rings. The molecule has 0 aliphatic carbocycles. The van der Waals surface area contributed by atoms with E-state index in [1.54, 1.807) is 36.4 Å². The zero-order valence-electron chi connectivity index (χ0n) is 14.4. The summed E-state index contributed by atoms with van der Waals surface area (Å²) in [6.07, 6.45) is 0. The SMILES string of the molecule is CC(C)c1ccc(O)c(C(=O)N(C)CC(=O)Nc2cccc(Cl)c2)c1. The van der Waals surface area contributed by atoms with Crippen LogP contribution in [-0.4, -0.2) is 35.4 Å². The highest BCUT2D eigenvalue weighted by atomic mass is 35.5. The Bertz CT molecular complexity index is 790. The second-order valence-electron chi connectivity index (χ2n) is 6.15. The lowest BCUT2D eigenvalue weighted by Gasteiger charge is -2.18. The van der Waals surface area contributed by atoms with Crippen LogP contribution in [-0.2, 0) is 4.79 Å². The maximum Gasteiger partial charge on any atom is 0.257 e. The van der Waals surface area contributed by atoms with Gasteiger partial charge in [-0.25, -0.2) is 0 Å². The first kappa shape index (κ1) is 18.8. The molecule has 2 N–H and O–H groups in total. The van der Waals surface area contributed by atoms with Crippen molar-refractivity contribution in [1.29, 1.82) is 0 Å². The maximum absolute atomic E-state index is 12.5. The van der Waals surface area contributed by atoms with Gasteiger partial charge < -0.3 is 15.3 Å². The predicted octanol–water partition coefficient (Wildman–Crippen LogP) is 3.88. The molecule has 25 heavy (non-hydrogen) atoms. The van der Waals surface area contributed by atoms with Crippen molar-refractivity contribution >= 4 is 29.1 Å². The Morgan fingerprint density at radius 1 is 1.20 bits per heavy atom. The minimum absolute atomic E-state index is 0.100. The number of phenols is 1. The Labute approximate surface area is 152 Å². The third kappa shape index (κ3) is 4.97. The molecule has 0 bridgehead atoms. The molecule has 0 heterocycles. The van der Waals surface area contributed by atoms with Crippen LogP contribution in [0.2, 0.25) is 5.02 Å². The van der Waals surface area contributed by atoms with E-state index in [-0.39, 0.29) is 29.7 Å². The lowest BCUT2D eigenvalue weighted by molar-refractivity contribution is -0.116. The van der Waals surface area contributed by atoms with Gasteiger partial charge in [-0.1, -0.05) is 37.6 Å². The van der Waals surface area contributed by atoms with Crippen LogP contribution in [0.1, 0.15) is 35.7 Å². The van der Waals surface area contributed by atoms with Crippen molar-refractivity contribution in [2.24, 2.45) is 0 Å². The fraction of sp³-hybridized carbons (Fsp3) is 0.263. The Morgan fingerprint density at radius 2 is 1.92 bits per heavy atom. The number of aromatic hydroxyl groups is 1. The molecule has 0 atom stereocenters. The average molecular weight is 361 g/mol. The molecule has 2 amide bonds. The van der Waals surface area contributed by atoms with Gasteiger partial charge >= 0.3 is 0 Å². The van der Waals surface area contributed by atoms with Crippen molar-refractivity contribution in [2.45, 2.75) is 19.8 Å². The first-order valence-electron chi connectivity index (χ1n) is 7.91. The number of carbonyl (C=O) groups excluding carboxylic acids is 2. The maximum atomic E-state index is 12.5. The molecule has 0 aromatic heterocycles. The summed E-state index contributed by atoms with van der Waals surface area (Å²) in [6.45, 7) is 3.86. The molecule has 0 aliphatic rings. The topological polar surface area (TPSA) is 69.6 Å². The Morgan fingerprint density at radius 3 is 2.56 bits per heavy atom. The van der Waals surface area contributed by atoms with Gasteiger partial charge in [0.05, 0.1) is 12.1 Å². The summed E-state index contributed by atoms with van der Waals surface area (Å²) >= 11 is 5.88. The van der Waals surface area contributed by atoms with Gasteiger partial charge in [0.2, 0.25) is 5.91 Å². The summed E-state index contributed by atoms with van der Waals surface area (Å²) in [7, 11) is 1.52. The molecule has 0 unspecified atom stereocenters. The minimum Gasteiger partial charge on any atom is -0.507 e. The highest BCUT2D eigenvalue weighted by molar-refractivity contribution is 6.30. The van der Waals surface area contributed by atoms with Gasteiger partial charge in [-0.3, -0.25) is 9.59 Å². The summed E-state index contributed by atoms with van der Waals surface area (Å²) in [6, 6.07) is 11.7. The Kier molecular flexibility index (Phi) is 6.04. The first-order valence-corrected chi connectivity index (χ1v) is 8.29. The molecule has 2 rings (SSSR count). The second-order valence-corrected chi connectivity index (χ2v) is 6.59. The largest absolute Gasteiger partial charge is 0.507 e.